The quantitative estimate of drug-likeness (QED) is 0.472. The van der Waals surface area contributed by atoms with Crippen LogP contribution in [-0.4, -0.2) is 78.9 Å². The molecule has 24 heavy (non-hydrogen) atoms. The van der Waals surface area contributed by atoms with Crippen molar-refractivity contribution in [2.24, 2.45) is 0 Å². The predicted molar refractivity (Wildman–Crippen MR) is 90.1 cm³/mol. The van der Waals surface area contributed by atoms with E-state index in [2.05, 4.69) is 47.1 Å². The lowest BCUT2D eigenvalue weighted by atomic mass is 9.99. The second-order valence-electron chi connectivity index (χ2n) is 7.63. The molecular formula is C16H30N6O2. The topological polar surface area (TPSA) is 80.9 Å². The van der Waals surface area contributed by atoms with Crippen molar-refractivity contribution in [3.63, 3.8) is 0 Å². The molecule has 4 heterocycles. The third-order valence-corrected chi connectivity index (χ3v) is 5.97. The van der Waals surface area contributed by atoms with Gasteiger partial charge in [-0.2, -0.15) is 0 Å². The largest absolute Gasteiger partial charge is 0.373 e. The van der Waals surface area contributed by atoms with E-state index in [0.717, 1.165) is 32.4 Å². The van der Waals surface area contributed by atoms with E-state index < -0.39 is 0 Å². The number of ether oxygens (including phenoxy) is 1. The first-order valence-corrected chi connectivity index (χ1v) is 9.23. The van der Waals surface area contributed by atoms with E-state index in [9.17, 15) is 4.79 Å². The van der Waals surface area contributed by atoms with E-state index in [1.165, 1.54) is 0 Å². The van der Waals surface area contributed by atoms with Crippen molar-refractivity contribution in [3.05, 3.63) is 0 Å². The Morgan fingerprint density at radius 3 is 2.79 bits per heavy atom. The van der Waals surface area contributed by atoms with Crippen LogP contribution in [0, 0.1) is 0 Å². The van der Waals surface area contributed by atoms with Crippen molar-refractivity contribution in [2.75, 3.05) is 20.1 Å². The number of rotatable bonds is 0. The maximum atomic E-state index is 12.7. The monoisotopic (exact) mass is 338 g/mol. The summed E-state index contributed by atoms with van der Waals surface area (Å²) in [6.45, 7) is 6.17. The fourth-order valence-electron chi connectivity index (χ4n) is 4.62. The molecule has 5 unspecified atom stereocenters. The average molecular weight is 338 g/mol. The maximum Gasteiger partial charge on any atom is 0.320 e. The van der Waals surface area contributed by atoms with Gasteiger partial charge in [0.05, 0.1) is 24.4 Å². The summed E-state index contributed by atoms with van der Waals surface area (Å²) < 4.78 is 6.43. The molecule has 2 bridgehead atoms. The summed E-state index contributed by atoms with van der Waals surface area (Å²) in [5.74, 6) is 0. The lowest BCUT2D eigenvalue weighted by Gasteiger charge is -2.45. The zero-order valence-electron chi connectivity index (χ0n) is 14.8. The number of fused-ring (bicyclic) bond motifs is 3. The van der Waals surface area contributed by atoms with Gasteiger partial charge in [0.25, 0.3) is 0 Å². The Bertz CT molecular complexity index is 491. The normalized spacial score (nSPS) is 46.9. The van der Waals surface area contributed by atoms with Crippen molar-refractivity contribution in [3.8, 4) is 0 Å². The number of carbonyl (C=O) groups is 1. The molecule has 7 atom stereocenters. The van der Waals surface area contributed by atoms with Crippen molar-refractivity contribution in [1.82, 2.24) is 31.1 Å². The minimum absolute atomic E-state index is 0.00810. The van der Waals surface area contributed by atoms with Gasteiger partial charge in [0.1, 0.15) is 12.5 Å². The van der Waals surface area contributed by atoms with Crippen molar-refractivity contribution in [2.45, 2.75) is 76.0 Å². The molecule has 0 aromatic heterocycles. The van der Waals surface area contributed by atoms with Crippen LogP contribution in [0.2, 0.25) is 0 Å². The second kappa shape index (κ2) is 6.42. The second-order valence-corrected chi connectivity index (χ2v) is 7.63. The predicted octanol–water partition coefficient (Wildman–Crippen LogP) is -0.610. The molecule has 2 amide bonds. The standard InChI is InChI=1S/C16H30N6O2/c1-9-8-10(2)24-11-4-6-17-14-13(11)22(16(23)20-14)12-5-7-18-15(19-12)21(9)3/h9-15,17-19H,4-8H2,1-3H3,(H,20,23)/t9-,10-,11?,12?,13?,14?,15?/m1/s1. The zero-order chi connectivity index (χ0) is 16.8. The Labute approximate surface area is 143 Å². The SMILES string of the molecule is C[C@@H]1C[C@@H](C)N(C)C2NCCC(N2)N2C(=O)NC3NCCC(O1)C32. The molecule has 0 aliphatic carbocycles. The molecule has 8 heteroatoms. The molecule has 0 saturated carbocycles. The van der Waals surface area contributed by atoms with Gasteiger partial charge in [-0.3, -0.25) is 20.9 Å². The highest BCUT2D eigenvalue weighted by molar-refractivity contribution is 5.78. The number of nitrogens with one attached hydrogen (secondary N) is 4. The number of amides is 2. The van der Waals surface area contributed by atoms with E-state index in [-0.39, 0.29) is 42.9 Å². The lowest BCUT2D eigenvalue weighted by molar-refractivity contribution is -0.0701. The molecule has 0 aromatic rings. The van der Waals surface area contributed by atoms with Crippen molar-refractivity contribution >= 4 is 6.03 Å². The van der Waals surface area contributed by atoms with Crippen LogP contribution >= 0.6 is 0 Å². The van der Waals surface area contributed by atoms with Gasteiger partial charge in [-0.05, 0) is 46.7 Å². The van der Waals surface area contributed by atoms with Gasteiger partial charge < -0.3 is 15.0 Å². The maximum absolute atomic E-state index is 12.7. The summed E-state index contributed by atoms with van der Waals surface area (Å²) in [4.78, 5) is 17.0. The van der Waals surface area contributed by atoms with Gasteiger partial charge in [0, 0.05) is 12.6 Å². The highest BCUT2D eigenvalue weighted by Gasteiger charge is 2.50. The van der Waals surface area contributed by atoms with Crippen LogP contribution in [0.5, 0.6) is 0 Å². The number of hydrogen-bond acceptors (Lipinski definition) is 6. The minimum atomic E-state index is -0.0190. The fraction of sp³-hybridized carbons (Fsp3) is 0.938. The average Bonchev–Trinajstić information content (AvgIpc) is 2.90. The van der Waals surface area contributed by atoms with Gasteiger partial charge in [-0.25, -0.2) is 4.79 Å². The first kappa shape index (κ1) is 16.5. The molecule has 136 valence electrons. The van der Waals surface area contributed by atoms with Crippen LogP contribution < -0.4 is 21.3 Å². The summed E-state index contributed by atoms with van der Waals surface area (Å²) in [5, 5.41) is 13.7. The Balaban J connectivity index is 1.67. The summed E-state index contributed by atoms with van der Waals surface area (Å²) in [6.07, 6.45) is 3.15. The molecule has 0 aromatic carbocycles. The number of hydrogen-bond donors (Lipinski definition) is 4. The number of nitrogens with zero attached hydrogens (tertiary/aromatic N) is 2. The number of carbonyl (C=O) groups excluding carboxylic acids is 1. The first-order chi connectivity index (χ1) is 11.5. The highest BCUT2D eigenvalue weighted by atomic mass is 16.5. The van der Waals surface area contributed by atoms with Crippen LogP contribution in [0.25, 0.3) is 0 Å². The van der Waals surface area contributed by atoms with Crippen LogP contribution in [0.3, 0.4) is 0 Å². The third-order valence-electron chi connectivity index (χ3n) is 5.97. The van der Waals surface area contributed by atoms with E-state index in [4.69, 9.17) is 4.74 Å². The van der Waals surface area contributed by atoms with E-state index in [1.54, 1.807) is 0 Å². The third kappa shape index (κ3) is 2.80. The summed E-state index contributed by atoms with van der Waals surface area (Å²) in [6, 6.07) is 0.445. The van der Waals surface area contributed by atoms with Gasteiger partial charge in [0.15, 0.2) is 0 Å². The molecule has 4 saturated heterocycles. The fourth-order valence-corrected chi connectivity index (χ4v) is 4.62. The van der Waals surface area contributed by atoms with Gasteiger partial charge in [-0.1, -0.05) is 0 Å². The van der Waals surface area contributed by atoms with Crippen molar-refractivity contribution in [1.29, 1.82) is 0 Å². The van der Waals surface area contributed by atoms with Gasteiger partial charge >= 0.3 is 6.03 Å². The molecular weight excluding hydrogens is 308 g/mol. The molecule has 0 radical (unpaired) electrons. The Kier molecular flexibility index (Phi) is 4.42. The molecule has 4 aliphatic rings. The first-order valence-electron chi connectivity index (χ1n) is 9.23. The molecule has 4 N–H and O–H groups in total. The Hall–Kier alpha value is -0.930. The Morgan fingerprint density at radius 2 is 1.96 bits per heavy atom. The number of piperidine rings is 1. The van der Waals surface area contributed by atoms with Crippen molar-refractivity contribution < 1.29 is 9.53 Å². The zero-order valence-corrected chi connectivity index (χ0v) is 14.8. The molecule has 4 fully saturated rings. The lowest BCUT2D eigenvalue weighted by Crippen LogP contribution is -2.68. The van der Waals surface area contributed by atoms with Crippen LogP contribution in [-0.2, 0) is 4.74 Å². The smallest absolute Gasteiger partial charge is 0.320 e. The highest BCUT2D eigenvalue weighted by Crippen LogP contribution is 2.29. The minimum Gasteiger partial charge on any atom is -0.373 e. The Morgan fingerprint density at radius 1 is 1.17 bits per heavy atom. The summed E-state index contributed by atoms with van der Waals surface area (Å²) in [5.41, 5.74) is 0. The van der Waals surface area contributed by atoms with Crippen LogP contribution in [0.1, 0.15) is 33.1 Å². The molecule has 4 rings (SSSR count). The van der Waals surface area contributed by atoms with Gasteiger partial charge in [-0.15, -0.1) is 0 Å². The van der Waals surface area contributed by atoms with Crippen LogP contribution in [0.4, 0.5) is 4.79 Å². The van der Waals surface area contributed by atoms with E-state index in [0.29, 0.717) is 6.04 Å². The van der Waals surface area contributed by atoms with E-state index >= 15 is 0 Å². The summed E-state index contributed by atoms with van der Waals surface area (Å²) in [7, 11) is 2.13. The van der Waals surface area contributed by atoms with E-state index in [1.807, 2.05) is 4.90 Å². The molecule has 8 nitrogen and oxygen atoms in total. The van der Waals surface area contributed by atoms with Crippen LogP contribution in [0.15, 0.2) is 0 Å². The summed E-state index contributed by atoms with van der Waals surface area (Å²) >= 11 is 0. The molecule has 0 spiro atoms. The van der Waals surface area contributed by atoms with Gasteiger partial charge in [0.2, 0.25) is 0 Å². The number of urea groups is 1. The molecule has 4 aliphatic heterocycles.